The molecule has 0 aliphatic carbocycles. The topological polar surface area (TPSA) is 140 Å². The maximum Gasteiger partial charge on any atom is 0.414 e. The molecule has 0 aliphatic rings. The largest absolute Gasteiger partial charge is 0.444 e. The lowest BCUT2D eigenvalue weighted by Crippen LogP contribution is -2.37. The number of rotatable bonds is 6. The molecular weight excluding hydrogens is 280 g/mol. The molecule has 0 heterocycles. The number of carbonyl (C=O) groups is 1. The van der Waals surface area contributed by atoms with Gasteiger partial charge in [-0.05, 0) is 24.1 Å². The molecule has 1 amide bonds. The second kappa shape index (κ2) is 8.48. The average Bonchev–Trinajstić information content (AvgIpc) is 2.46. The molecule has 1 rings (SSSR count). The predicted molar refractivity (Wildman–Crippen MR) is 74.6 cm³/mol. The monoisotopic (exact) mass is 296 g/mol. The molecule has 1 aromatic rings. The van der Waals surface area contributed by atoms with Gasteiger partial charge in [-0.1, -0.05) is 0 Å². The zero-order valence-corrected chi connectivity index (χ0v) is 11.2. The molecule has 0 spiro atoms. The van der Waals surface area contributed by atoms with Crippen LogP contribution in [0.25, 0.3) is 0 Å². The van der Waals surface area contributed by atoms with Crippen LogP contribution in [0.1, 0.15) is 12.0 Å². The van der Waals surface area contributed by atoms with E-state index in [0.717, 1.165) is 0 Å². The highest BCUT2D eigenvalue weighted by atomic mass is 16.6. The molecule has 114 valence electrons. The smallest absolute Gasteiger partial charge is 0.414 e. The van der Waals surface area contributed by atoms with E-state index in [0.29, 0.717) is 18.5 Å². The highest BCUT2D eigenvalue weighted by Gasteiger charge is 2.07. The number of nitro groups is 1. The summed E-state index contributed by atoms with van der Waals surface area (Å²) in [5.41, 5.74) is 5.98. The molecule has 0 atom stereocenters. The van der Waals surface area contributed by atoms with Gasteiger partial charge in [0.05, 0.1) is 4.92 Å². The van der Waals surface area contributed by atoms with Crippen LogP contribution in [0, 0.1) is 10.1 Å². The Kier molecular flexibility index (Phi) is 6.61. The summed E-state index contributed by atoms with van der Waals surface area (Å²) in [7, 11) is 0. The number of nitrogens with zero attached hydrogens (tertiary/aromatic N) is 2. The van der Waals surface area contributed by atoms with Crippen LogP contribution in [0.2, 0.25) is 0 Å². The van der Waals surface area contributed by atoms with Gasteiger partial charge in [-0.2, -0.15) is 0 Å². The van der Waals surface area contributed by atoms with E-state index < -0.39 is 11.0 Å². The van der Waals surface area contributed by atoms with E-state index in [9.17, 15) is 14.9 Å². The standard InChI is InChI=1S/C12H16N4O5/c13-11(14-6-1-7-17)15-12(18)21-8-9-2-4-10(5-3-9)16(19)20/h2-5,17H,1,6-8H2,(H3,13,14,15,18). The van der Waals surface area contributed by atoms with E-state index in [1.165, 1.54) is 24.3 Å². The second-order valence-corrected chi connectivity index (χ2v) is 3.97. The van der Waals surface area contributed by atoms with Crippen molar-refractivity contribution in [2.24, 2.45) is 10.7 Å². The van der Waals surface area contributed by atoms with Crippen LogP contribution in [0.4, 0.5) is 10.5 Å². The molecule has 0 saturated carbocycles. The van der Waals surface area contributed by atoms with Crippen LogP contribution in [-0.2, 0) is 11.3 Å². The molecule has 0 radical (unpaired) electrons. The lowest BCUT2D eigenvalue weighted by molar-refractivity contribution is -0.384. The van der Waals surface area contributed by atoms with Crippen LogP contribution in [-0.4, -0.2) is 35.2 Å². The summed E-state index contributed by atoms with van der Waals surface area (Å²) in [6.07, 6.45) is -0.334. The molecule has 0 saturated heterocycles. The fourth-order valence-corrected chi connectivity index (χ4v) is 1.31. The number of aliphatic imine (C=N–C) groups is 1. The number of hydrogen-bond acceptors (Lipinski definition) is 6. The third-order valence-corrected chi connectivity index (χ3v) is 2.35. The summed E-state index contributed by atoms with van der Waals surface area (Å²) in [5, 5.41) is 21.3. The van der Waals surface area contributed by atoms with Gasteiger partial charge in [-0.25, -0.2) is 4.79 Å². The third-order valence-electron chi connectivity index (χ3n) is 2.35. The summed E-state index contributed by atoms with van der Waals surface area (Å²) < 4.78 is 4.88. The van der Waals surface area contributed by atoms with Crippen molar-refractivity contribution in [3.05, 3.63) is 39.9 Å². The van der Waals surface area contributed by atoms with Gasteiger partial charge in [0.25, 0.3) is 5.69 Å². The normalized spacial score (nSPS) is 11.0. The van der Waals surface area contributed by atoms with Crippen LogP contribution in [0.3, 0.4) is 0 Å². The fourth-order valence-electron chi connectivity index (χ4n) is 1.31. The van der Waals surface area contributed by atoms with Gasteiger partial charge in [0.2, 0.25) is 0 Å². The van der Waals surface area contributed by atoms with Crippen molar-refractivity contribution in [3.8, 4) is 0 Å². The maximum atomic E-state index is 11.4. The van der Waals surface area contributed by atoms with Gasteiger partial charge in [0, 0.05) is 25.3 Å². The van der Waals surface area contributed by atoms with Crippen LogP contribution in [0.5, 0.6) is 0 Å². The van der Waals surface area contributed by atoms with Crippen molar-refractivity contribution in [3.63, 3.8) is 0 Å². The number of ether oxygens (including phenoxy) is 1. The molecule has 0 aromatic heterocycles. The molecule has 0 aliphatic heterocycles. The molecule has 21 heavy (non-hydrogen) atoms. The Hall–Kier alpha value is -2.68. The van der Waals surface area contributed by atoms with E-state index >= 15 is 0 Å². The maximum absolute atomic E-state index is 11.4. The highest BCUT2D eigenvalue weighted by molar-refractivity contribution is 5.92. The molecule has 9 nitrogen and oxygen atoms in total. The number of alkyl carbamates (subject to hydrolysis) is 1. The zero-order chi connectivity index (χ0) is 15.7. The minimum absolute atomic E-state index is 0.0125. The van der Waals surface area contributed by atoms with Gasteiger partial charge in [0.15, 0.2) is 5.96 Å². The van der Waals surface area contributed by atoms with Crippen LogP contribution < -0.4 is 11.1 Å². The number of benzene rings is 1. The third kappa shape index (κ3) is 6.34. The number of hydrogen-bond donors (Lipinski definition) is 3. The van der Waals surface area contributed by atoms with Crippen molar-refractivity contribution in [1.82, 2.24) is 5.32 Å². The number of carbonyl (C=O) groups excluding carboxylic acids is 1. The van der Waals surface area contributed by atoms with Crippen molar-refractivity contribution in [1.29, 1.82) is 0 Å². The Morgan fingerprint density at radius 2 is 2.10 bits per heavy atom. The Morgan fingerprint density at radius 1 is 1.43 bits per heavy atom. The Bertz CT molecular complexity index is 515. The Balaban J connectivity index is 2.38. The number of aliphatic hydroxyl groups excluding tert-OH is 1. The van der Waals surface area contributed by atoms with Crippen molar-refractivity contribution < 1.29 is 19.6 Å². The van der Waals surface area contributed by atoms with Crippen LogP contribution in [0.15, 0.2) is 29.3 Å². The van der Waals surface area contributed by atoms with Gasteiger partial charge < -0.3 is 15.6 Å². The van der Waals surface area contributed by atoms with Gasteiger partial charge in [-0.3, -0.25) is 20.4 Å². The molecule has 9 heteroatoms. The van der Waals surface area contributed by atoms with Crippen molar-refractivity contribution >= 4 is 17.7 Å². The number of nitrogens with one attached hydrogen (secondary N) is 1. The molecule has 0 fully saturated rings. The number of non-ortho nitro benzene ring substituents is 1. The first-order chi connectivity index (χ1) is 10.0. The van der Waals surface area contributed by atoms with E-state index in [-0.39, 0.29) is 24.9 Å². The lowest BCUT2D eigenvalue weighted by Gasteiger charge is -2.06. The lowest BCUT2D eigenvalue weighted by atomic mass is 10.2. The second-order valence-electron chi connectivity index (χ2n) is 3.97. The summed E-state index contributed by atoms with van der Waals surface area (Å²) in [6, 6.07) is 5.62. The number of aliphatic hydroxyl groups is 1. The minimum Gasteiger partial charge on any atom is -0.444 e. The van der Waals surface area contributed by atoms with Crippen molar-refractivity contribution in [2.45, 2.75) is 13.0 Å². The minimum atomic E-state index is -0.779. The highest BCUT2D eigenvalue weighted by Crippen LogP contribution is 2.12. The number of nitro benzene ring substituents is 1. The van der Waals surface area contributed by atoms with Gasteiger partial charge in [0.1, 0.15) is 6.61 Å². The van der Waals surface area contributed by atoms with Crippen molar-refractivity contribution in [2.75, 3.05) is 13.2 Å². The quantitative estimate of drug-likeness (QED) is 0.230. The molecule has 4 N–H and O–H groups in total. The average molecular weight is 296 g/mol. The van der Waals surface area contributed by atoms with Gasteiger partial charge >= 0.3 is 6.09 Å². The first-order valence-corrected chi connectivity index (χ1v) is 6.11. The van der Waals surface area contributed by atoms with Crippen LogP contribution >= 0.6 is 0 Å². The first-order valence-electron chi connectivity index (χ1n) is 6.11. The first kappa shape index (κ1) is 16.4. The summed E-state index contributed by atoms with van der Waals surface area (Å²) in [6.45, 7) is 0.236. The number of guanidine groups is 1. The molecule has 1 aromatic carbocycles. The predicted octanol–water partition coefficient (Wildman–Crippen LogP) is 0.518. The summed E-state index contributed by atoms with van der Waals surface area (Å²) in [4.78, 5) is 25.1. The Labute approximate surface area is 120 Å². The Morgan fingerprint density at radius 3 is 2.67 bits per heavy atom. The molecule has 0 bridgehead atoms. The fraction of sp³-hybridized carbons (Fsp3) is 0.333. The van der Waals surface area contributed by atoms with E-state index in [4.69, 9.17) is 15.6 Å². The number of amides is 1. The van der Waals surface area contributed by atoms with E-state index in [1.54, 1.807) is 0 Å². The number of nitrogens with two attached hydrogens (primary N) is 1. The summed E-state index contributed by atoms with van der Waals surface area (Å²) >= 11 is 0. The molecular formula is C12H16N4O5. The molecule has 0 unspecified atom stereocenters. The SMILES string of the molecule is NC(=NCCCO)NC(=O)OCc1ccc([N+](=O)[O-])cc1. The van der Waals surface area contributed by atoms with Gasteiger partial charge in [-0.15, -0.1) is 0 Å². The van der Waals surface area contributed by atoms with E-state index in [2.05, 4.69) is 10.3 Å². The van der Waals surface area contributed by atoms with E-state index in [1.807, 2.05) is 0 Å². The summed E-state index contributed by atoms with van der Waals surface area (Å²) in [5.74, 6) is -0.0999. The zero-order valence-electron chi connectivity index (χ0n) is 11.2.